The number of carbonyl (C=O) groups is 2. The second-order valence-electron chi connectivity index (χ2n) is 8.04. The monoisotopic (exact) mass is 425 g/mol. The van der Waals surface area contributed by atoms with Crippen molar-refractivity contribution in [2.45, 2.75) is 45.8 Å². The number of nitrogens with one attached hydrogen (secondary N) is 2. The van der Waals surface area contributed by atoms with E-state index in [2.05, 4.69) is 24.5 Å². The molecule has 2 aromatic rings. The summed E-state index contributed by atoms with van der Waals surface area (Å²) in [6.45, 7) is 7.62. The molecule has 7 nitrogen and oxygen atoms in total. The molecule has 0 fully saturated rings. The molecular weight excluding hydrogens is 394 g/mol. The van der Waals surface area contributed by atoms with E-state index in [0.717, 1.165) is 17.7 Å². The van der Waals surface area contributed by atoms with Crippen molar-refractivity contribution in [2.24, 2.45) is 0 Å². The van der Waals surface area contributed by atoms with Gasteiger partial charge in [-0.25, -0.2) is 4.79 Å². The predicted molar refractivity (Wildman–Crippen MR) is 122 cm³/mol. The van der Waals surface area contributed by atoms with Gasteiger partial charge in [0, 0.05) is 43.7 Å². The first-order valence-corrected chi connectivity index (χ1v) is 10.6. The summed E-state index contributed by atoms with van der Waals surface area (Å²) in [5.74, 6) is 1.04. The molecule has 0 saturated heterocycles. The Morgan fingerprint density at radius 3 is 2.52 bits per heavy atom. The smallest absolute Gasteiger partial charge is 0.323 e. The van der Waals surface area contributed by atoms with Crippen LogP contribution in [0.3, 0.4) is 0 Å². The van der Waals surface area contributed by atoms with Gasteiger partial charge in [-0.3, -0.25) is 4.79 Å². The summed E-state index contributed by atoms with van der Waals surface area (Å²) in [6.07, 6.45) is 0.194. The quantitative estimate of drug-likeness (QED) is 0.636. The summed E-state index contributed by atoms with van der Waals surface area (Å²) in [4.78, 5) is 26.8. The molecule has 1 aliphatic rings. The van der Waals surface area contributed by atoms with Gasteiger partial charge in [-0.05, 0) is 55.2 Å². The fourth-order valence-corrected chi connectivity index (χ4v) is 3.51. The highest BCUT2D eigenvalue weighted by molar-refractivity contribution is 5.99. The molecule has 0 aliphatic carbocycles. The first-order chi connectivity index (χ1) is 14.9. The highest BCUT2D eigenvalue weighted by Crippen LogP contribution is 2.29. The minimum atomic E-state index is -0.556. The highest BCUT2D eigenvalue weighted by Gasteiger charge is 2.27. The molecule has 1 atom stereocenters. The summed E-state index contributed by atoms with van der Waals surface area (Å²) in [5.41, 5.74) is 3.44. The Balaban J connectivity index is 1.68. The molecule has 3 rings (SSSR count). The van der Waals surface area contributed by atoms with Gasteiger partial charge in [-0.1, -0.05) is 26.0 Å². The molecule has 2 N–H and O–H groups in total. The summed E-state index contributed by atoms with van der Waals surface area (Å²) in [5, 5.41) is 5.71. The Labute approximate surface area is 183 Å². The van der Waals surface area contributed by atoms with Crippen molar-refractivity contribution < 1.29 is 19.1 Å². The van der Waals surface area contributed by atoms with E-state index in [9.17, 15) is 9.59 Å². The second kappa shape index (κ2) is 10.3. The van der Waals surface area contributed by atoms with E-state index in [-0.39, 0.29) is 11.9 Å². The van der Waals surface area contributed by atoms with Gasteiger partial charge >= 0.3 is 6.03 Å². The number of urea groups is 1. The molecule has 7 heteroatoms. The number of amides is 3. The zero-order valence-electron chi connectivity index (χ0n) is 18.6. The summed E-state index contributed by atoms with van der Waals surface area (Å²) in [7, 11) is 1.65. The largest absolute Gasteiger partial charge is 0.481 e. The Kier molecular flexibility index (Phi) is 7.52. The standard InChI is InChI=1S/C24H31N3O4/c1-16(2)18-6-8-20(9-7-18)25-24(29)26-21-10-11-22-19(14-21)15-27(12-5-13-30-4)23(28)17(3)31-22/h6-11,14,16-17H,5,12-13,15H2,1-4H3,(H2,25,26,29)/t17-/m0/s1. The number of benzene rings is 2. The topological polar surface area (TPSA) is 79.9 Å². The summed E-state index contributed by atoms with van der Waals surface area (Å²) < 4.78 is 10.9. The molecule has 3 amide bonds. The number of carbonyl (C=O) groups excluding carboxylic acids is 2. The zero-order chi connectivity index (χ0) is 22.4. The number of hydrogen-bond donors (Lipinski definition) is 2. The van der Waals surface area contributed by atoms with Crippen LogP contribution in [-0.4, -0.2) is 43.2 Å². The lowest BCUT2D eigenvalue weighted by atomic mass is 10.0. The van der Waals surface area contributed by atoms with Crippen LogP contribution in [0.5, 0.6) is 5.75 Å². The number of anilines is 2. The molecule has 0 radical (unpaired) electrons. The molecule has 1 aliphatic heterocycles. The van der Waals surface area contributed by atoms with E-state index in [1.165, 1.54) is 5.56 Å². The third kappa shape index (κ3) is 5.98. The van der Waals surface area contributed by atoms with Gasteiger partial charge in [0.15, 0.2) is 6.10 Å². The lowest BCUT2D eigenvalue weighted by molar-refractivity contribution is -0.137. The fourth-order valence-electron chi connectivity index (χ4n) is 3.51. The SMILES string of the molecule is COCCCN1Cc2cc(NC(=O)Nc3ccc(C(C)C)cc3)ccc2O[C@@H](C)C1=O. The molecule has 31 heavy (non-hydrogen) atoms. The number of rotatable bonds is 7. The molecule has 0 unspecified atom stereocenters. The van der Waals surface area contributed by atoms with Gasteiger partial charge < -0.3 is 25.0 Å². The zero-order valence-corrected chi connectivity index (χ0v) is 18.6. The van der Waals surface area contributed by atoms with Crippen molar-refractivity contribution >= 4 is 23.3 Å². The first kappa shape index (κ1) is 22.6. The molecule has 0 saturated carbocycles. The number of hydrogen-bond acceptors (Lipinski definition) is 4. The van der Waals surface area contributed by atoms with Gasteiger partial charge in [0.1, 0.15) is 5.75 Å². The molecule has 1 heterocycles. The van der Waals surface area contributed by atoms with Crippen LogP contribution >= 0.6 is 0 Å². The van der Waals surface area contributed by atoms with Crippen LogP contribution in [0.1, 0.15) is 44.2 Å². The van der Waals surface area contributed by atoms with Crippen molar-refractivity contribution in [3.63, 3.8) is 0 Å². The van der Waals surface area contributed by atoms with Gasteiger partial charge in [-0.15, -0.1) is 0 Å². The van der Waals surface area contributed by atoms with Crippen LogP contribution in [0, 0.1) is 0 Å². The average molecular weight is 426 g/mol. The van der Waals surface area contributed by atoms with Crippen molar-refractivity contribution in [3.8, 4) is 5.75 Å². The van der Waals surface area contributed by atoms with E-state index in [1.54, 1.807) is 31.1 Å². The van der Waals surface area contributed by atoms with Crippen molar-refractivity contribution in [2.75, 3.05) is 30.9 Å². The molecule has 166 valence electrons. The minimum absolute atomic E-state index is 0.0515. The van der Waals surface area contributed by atoms with Crippen LogP contribution < -0.4 is 15.4 Å². The van der Waals surface area contributed by atoms with Crippen LogP contribution in [0.25, 0.3) is 0 Å². The van der Waals surface area contributed by atoms with E-state index in [1.807, 2.05) is 30.3 Å². The Morgan fingerprint density at radius 1 is 1.16 bits per heavy atom. The van der Waals surface area contributed by atoms with Gasteiger partial charge in [0.25, 0.3) is 5.91 Å². The Morgan fingerprint density at radius 2 is 1.84 bits per heavy atom. The Hall–Kier alpha value is -3.06. The Bertz CT molecular complexity index is 912. The maximum atomic E-state index is 12.6. The maximum absolute atomic E-state index is 12.6. The van der Waals surface area contributed by atoms with E-state index in [4.69, 9.17) is 9.47 Å². The van der Waals surface area contributed by atoms with Crippen molar-refractivity contribution in [1.29, 1.82) is 0 Å². The number of fused-ring (bicyclic) bond motifs is 1. The molecule has 0 bridgehead atoms. The maximum Gasteiger partial charge on any atom is 0.323 e. The number of ether oxygens (including phenoxy) is 2. The minimum Gasteiger partial charge on any atom is -0.481 e. The molecule has 0 aromatic heterocycles. The van der Waals surface area contributed by atoms with Gasteiger partial charge in [0.2, 0.25) is 0 Å². The van der Waals surface area contributed by atoms with Crippen LogP contribution in [-0.2, 0) is 16.1 Å². The van der Waals surface area contributed by atoms with Gasteiger partial charge in [0.05, 0.1) is 0 Å². The number of methoxy groups -OCH3 is 1. The first-order valence-electron chi connectivity index (χ1n) is 10.6. The van der Waals surface area contributed by atoms with E-state index in [0.29, 0.717) is 37.1 Å². The van der Waals surface area contributed by atoms with Crippen molar-refractivity contribution in [3.05, 3.63) is 53.6 Å². The van der Waals surface area contributed by atoms with Crippen LogP contribution in [0.4, 0.5) is 16.2 Å². The van der Waals surface area contributed by atoms with E-state index < -0.39 is 6.10 Å². The summed E-state index contributed by atoms with van der Waals surface area (Å²) >= 11 is 0. The van der Waals surface area contributed by atoms with Crippen LogP contribution in [0.2, 0.25) is 0 Å². The average Bonchev–Trinajstić information content (AvgIpc) is 2.85. The normalized spacial score (nSPS) is 15.8. The van der Waals surface area contributed by atoms with E-state index >= 15 is 0 Å². The third-order valence-electron chi connectivity index (χ3n) is 5.25. The third-order valence-corrected chi connectivity index (χ3v) is 5.25. The molecule has 0 spiro atoms. The number of nitrogens with zero attached hydrogens (tertiary/aromatic N) is 1. The fraction of sp³-hybridized carbons (Fsp3) is 0.417. The highest BCUT2D eigenvalue weighted by atomic mass is 16.5. The second-order valence-corrected chi connectivity index (χ2v) is 8.04. The van der Waals surface area contributed by atoms with Crippen molar-refractivity contribution in [1.82, 2.24) is 4.90 Å². The lowest BCUT2D eigenvalue weighted by Gasteiger charge is -2.22. The molecular formula is C24H31N3O4. The summed E-state index contributed by atoms with van der Waals surface area (Å²) in [6, 6.07) is 12.9. The molecule has 2 aromatic carbocycles. The van der Waals surface area contributed by atoms with Crippen LogP contribution in [0.15, 0.2) is 42.5 Å². The lowest BCUT2D eigenvalue weighted by Crippen LogP contribution is -2.38. The predicted octanol–water partition coefficient (Wildman–Crippen LogP) is 4.60. The van der Waals surface area contributed by atoms with Gasteiger partial charge in [-0.2, -0.15) is 0 Å².